The van der Waals surface area contributed by atoms with Gasteiger partial charge < -0.3 is 10.6 Å². The molecule has 0 aliphatic rings. The Morgan fingerprint density at radius 2 is 1.74 bits per heavy atom. The molecule has 0 aliphatic heterocycles. The van der Waals surface area contributed by atoms with E-state index in [0.29, 0.717) is 17.0 Å². The molecule has 8 heteroatoms. The molecule has 0 bridgehead atoms. The molecule has 2 aromatic carbocycles. The van der Waals surface area contributed by atoms with Crippen LogP contribution in [0.1, 0.15) is 31.3 Å². The Morgan fingerprint density at radius 1 is 0.968 bits per heavy atom. The maximum Gasteiger partial charge on any atom is 0.261 e. The predicted molar refractivity (Wildman–Crippen MR) is 127 cm³/mol. The third-order valence-corrected chi connectivity index (χ3v) is 7.26. The summed E-state index contributed by atoms with van der Waals surface area (Å²) in [5.74, 6) is -0.270. The molecule has 0 radical (unpaired) electrons. The molecule has 2 N–H and O–H groups in total. The van der Waals surface area contributed by atoms with E-state index in [1.807, 2.05) is 60.1 Å². The van der Waals surface area contributed by atoms with Gasteiger partial charge in [0.05, 0.1) is 4.88 Å². The fourth-order valence-electron chi connectivity index (χ4n) is 2.74. The zero-order chi connectivity index (χ0) is 21.6. The highest BCUT2D eigenvalue weighted by molar-refractivity contribution is 8.01. The van der Waals surface area contributed by atoms with E-state index in [1.165, 1.54) is 11.3 Å². The lowest BCUT2D eigenvalue weighted by molar-refractivity contribution is 0.0953. The van der Waals surface area contributed by atoms with Gasteiger partial charge in [0.1, 0.15) is 0 Å². The Morgan fingerprint density at radius 3 is 2.39 bits per heavy atom. The Hall–Kier alpha value is -2.94. The molecule has 0 spiro atoms. The van der Waals surface area contributed by atoms with E-state index in [1.54, 1.807) is 41.3 Å². The fourth-order valence-corrected chi connectivity index (χ4v) is 5.19. The van der Waals surface area contributed by atoms with E-state index in [2.05, 4.69) is 15.6 Å². The van der Waals surface area contributed by atoms with Gasteiger partial charge in [0, 0.05) is 33.8 Å². The number of thiazole rings is 1. The maximum atomic E-state index is 12.5. The lowest BCUT2D eigenvalue weighted by atomic mass is 10.1. The number of aryl methyl sites for hydroxylation is 1. The van der Waals surface area contributed by atoms with Crippen LogP contribution in [0, 0.1) is 6.92 Å². The van der Waals surface area contributed by atoms with Crippen molar-refractivity contribution in [3.63, 3.8) is 0 Å². The molecule has 0 aliphatic carbocycles. The standard InChI is InChI=1S/C23H19N3O2S3/c1-15-14-30-23(25-15)31-19-10-8-18(9-11-19)26-21(27)17-6-4-16(5-7-17)13-24-22(28)20-3-2-12-29-20/h2-12,14H,13H2,1H3,(H,24,28)(H,26,27). The molecule has 0 atom stereocenters. The van der Waals surface area contributed by atoms with Crippen molar-refractivity contribution in [3.05, 3.63) is 93.1 Å². The summed E-state index contributed by atoms with van der Waals surface area (Å²) in [4.78, 5) is 30.7. The summed E-state index contributed by atoms with van der Waals surface area (Å²) >= 11 is 4.63. The Bertz CT molecular complexity index is 1170. The highest BCUT2D eigenvalue weighted by Crippen LogP contribution is 2.30. The topological polar surface area (TPSA) is 71.1 Å². The number of aromatic nitrogens is 1. The summed E-state index contributed by atoms with van der Waals surface area (Å²) in [6, 6.07) is 18.6. The molecule has 5 nitrogen and oxygen atoms in total. The van der Waals surface area contributed by atoms with E-state index in [4.69, 9.17) is 0 Å². The van der Waals surface area contributed by atoms with E-state index in [9.17, 15) is 9.59 Å². The third-order valence-electron chi connectivity index (χ3n) is 4.33. The summed E-state index contributed by atoms with van der Waals surface area (Å²) in [5, 5.41) is 9.69. The van der Waals surface area contributed by atoms with Crippen LogP contribution in [0.4, 0.5) is 5.69 Å². The van der Waals surface area contributed by atoms with Gasteiger partial charge in [-0.2, -0.15) is 0 Å². The molecule has 0 unspecified atom stereocenters. The summed E-state index contributed by atoms with van der Waals surface area (Å²) in [7, 11) is 0. The first-order valence-electron chi connectivity index (χ1n) is 9.49. The molecular weight excluding hydrogens is 446 g/mol. The molecule has 4 rings (SSSR count). The smallest absolute Gasteiger partial charge is 0.261 e. The summed E-state index contributed by atoms with van der Waals surface area (Å²) in [5.41, 5.74) is 3.24. The lowest BCUT2D eigenvalue weighted by Crippen LogP contribution is -2.21. The second-order valence-corrected chi connectivity index (χ2v) is 9.82. The van der Waals surface area contributed by atoms with E-state index < -0.39 is 0 Å². The Labute approximate surface area is 192 Å². The first-order valence-corrected chi connectivity index (χ1v) is 12.1. The maximum absolute atomic E-state index is 12.5. The van der Waals surface area contributed by atoms with E-state index in [-0.39, 0.29) is 11.8 Å². The van der Waals surface area contributed by atoms with Crippen molar-refractivity contribution in [2.75, 3.05) is 5.32 Å². The predicted octanol–water partition coefficient (Wildman–Crippen LogP) is 5.85. The van der Waals surface area contributed by atoms with Gasteiger partial charge in [-0.1, -0.05) is 30.0 Å². The number of carbonyl (C=O) groups excluding carboxylic acids is 2. The number of benzene rings is 2. The summed E-state index contributed by atoms with van der Waals surface area (Å²) < 4.78 is 1.00. The van der Waals surface area contributed by atoms with Gasteiger partial charge in [-0.3, -0.25) is 9.59 Å². The number of anilines is 1. The van der Waals surface area contributed by atoms with Crippen molar-refractivity contribution in [3.8, 4) is 0 Å². The number of nitrogens with zero attached hydrogens (tertiary/aromatic N) is 1. The first kappa shape index (κ1) is 21.3. The molecule has 0 fully saturated rings. The molecule has 2 aromatic heterocycles. The first-order chi connectivity index (χ1) is 15.1. The van der Waals surface area contributed by atoms with Crippen LogP contribution in [-0.4, -0.2) is 16.8 Å². The highest BCUT2D eigenvalue weighted by Gasteiger charge is 2.09. The van der Waals surface area contributed by atoms with Crippen molar-refractivity contribution in [2.45, 2.75) is 22.7 Å². The minimum Gasteiger partial charge on any atom is -0.347 e. The minimum atomic E-state index is -0.176. The normalized spacial score (nSPS) is 10.6. The number of thiophene rings is 1. The second-order valence-electron chi connectivity index (χ2n) is 6.69. The minimum absolute atomic E-state index is 0.0941. The second kappa shape index (κ2) is 9.91. The zero-order valence-electron chi connectivity index (χ0n) is 16.6. The molecule has 2 amide bonds. The van der Waals surface area contributed by atoms with Crippen LogP contribution in [-0.2, 0) is 6.54 Å². The number of nitrogens with one attached hydrogen (secondary N) is 2. The molecule has 4 aromatic rings. The highest BCUT2D eigenvalue weighted by atomic mass is 32.2. The van der Waals surface area contributed by atoms with Crippen molar-refractivity contribution in [1.82, 2.24) is 10.3 Å². The van der Waals surface area contributed by atoms with Gasteiger partial charge in [0.15, 0.2) is 4.34 Å². The molecular formula is C23H19N3O2S3. The number of carbonyl (C=O) groups is 2. The number of amides is 2. The van der Waals surface area contributed by atoms with Crippen LogP contribution in [0.5, 0.6) is 0 Å². The van der Waals surface area contributed by atoms with Crippen molar-refractivity contribution < 1.29 is 9.59 Å². The van der Waals surface area contributed by atoms with Gasteiger partial charge in [-0.25, -0.2) is 4.98 Å². The van der Waals surface area contributed by atoms with Crippen LogP contribution in [0.3, 0.4) is 0 Å². The fraction of sp³-hybridized carbons (Fsp3) is 0.0870. The van der Waals surface area contributed by atoms with Crippen LogP contribution in [0.15, 0.2) is 80.7 Å². The molecule has 2 heterocycles. The average Bonchev–Trinajstić information content (AvgIpc) is 3.46. The van der Waals surface area contributed by atoms with Gasteiger partial charge in [0.2, 0.25) is 0 Å². The van der Waals surface area contributed by atoms with Gasteiger partial charge >= 0.3 is 0 Å². The molecule has 156 valence electrons. The van der Waals surface area contributed by atoms with E-state index >= 15 is 0 Å². The SMILES string of the molecule is Cc1csc(Sc2ccc(NC(=O)c3ccc(CNC(=O)c4cccs4)cc3)cc2)n1. The Balaban J connectivity index is 1.30. The quantitative estimate of drug-likeness (QED) is 0.359. The number of rotatable bonds is 7. The van der Waals surface area contributed by atoms with Gasteiger partial charge in [-0.15, -0.1) is 22.7 Å². The van der Waals surface area contributed by atoms with Crippen LogP contribution < -0.4 is 10.6 Å². The summed E-state index contributed by atoms with van der Waals surface area (Å²) in [6.45, 7) is 2.39. The third kappa shape index (κ3) is 5.81. The van der Waals surface area contributed by atoms with Gasteiger partial charge in [0.25, 0.3) is 11.8 Å². The zero-order valence-corrected chi connectivity index (χ0v) is 19.1. The van der Waals surface area contributed by atoms with Gasteiger partial charge in [-0.05, 0) is 60.3 Å². The van der Waals surface area contributed by atoms with Crippen molar-refractivity contribution in [1.29, 1.82) is 0 Å². The number of hydrogen-bond donors (Lipinski definition) is 2. The van der Waals surface area contributed by atoms with Crippen molar-refractivity contribution in [2.24, 2.45) is 0 Å². The monoisotopic (exact) mass is 465 g/mol. The largest absolute Gasteiger partial charge is 0.347 e. The number of hydrogen-bond acceptors (Lipinski definition) is 6. The Kier molecular flexibility index (Phi) is 6.81. The van der Waals surface area contributed by atoms with Crippen LogP contribution >= 0.6 is 34.4 Å². The molecule has 31 heavy (non-hydrogen) atoms. The van der Waals surface area contributed by atoms with Crippen molar-refractivity contribution >= 4 is 51.9 Å². The summed E-state index contributed by atoms with van der Waals surface area (Å²) in [6.07, 6.45) is 0. The molecule has 0 saturated heterocycles. The van der Waals surface area contributed by atoms with Crippen LogP contribution in [0.2, 0.25) is 0 Å². The molecule has 0 saturated carbocycles. The lowest BCUT2D eigenvalue weighted by Gasteiger charge is -2.08. The average molecular weight is 466 g/mol. The van der Waals surface area contributed by atoms with E-state index in [0.717, 1.165) is 26.2 Å². The van der Waals surface area contributed by atoms with Crippen LogP contribution in [0.25, 0.3) is 0 Å².